The van der Waals surface area contributed by atoms with Gasteiger partial charge in [-0.2, -0.15) is 0 Å². The van der Waals surface area contributed by atoms with Gasteiger partial charge >= 0.3 is 6.03 Å². The number of methoxy groups -OCH3 is 2. The predicted octanol–water partition coefficient (Wildman–Crippen LogP) is 1.24. The van der Waals surface area contributed by atoms with E-state index in [-0.39, 0.29) is 24.4 Å². The summed E-state index contributed by atoms with van der Waals surface area (Å²) in [6.07, 6.45) is 0.185. The number of rotatable bonds is 8. The molecule has 0 aromatic heterocycles. The first kappa shape index (κ1) is 19.1. The molecule has 3 amide bonds. The fourth-order valence-corrected chi connectivity index (χ4v) is 2.68. The molecule has 1 aliphatic heterocycles. The predicted molar refractivity (Wildman–Crippen MR) is 91.0 cm³/mol. The molecular weight excluding hydrogens is 329 g/mol. The Hall–Kier alpha value is -2.19. The molecule has 2 rings (SSSR count). The molecule has 0 saturated carbocycles. The lowest BCUT2D eigenvalue weighted by molar-refractivity contribution is -0.117. The van der Waals surface area contributed by atoms with E-state index in [4.69, 9.17) is 9.47 Å². The third-order valence-corrected chi connectivity index (χ3v) is 3.99. The Morgan fingerprint density at radius 2 is 2.00 bits per heavy atom. The summed E-state index contributed by atoms with van der Waals surface area (Å²) in [6, 6.07) is 5.28. The van der Waals surface area contributed by atoms with Crippen molar-refractivity contribution in [1.29, 1.82) is 0 Å². The maximum absolute atomic E-state index is 13.4. The van der Waals surface area contributed by atoms with Gasteiger partial charge in [-0.05, 0) is 18.2 Å². The second-order valence-corrected chi connectivity index (χ2v) is 5.81. The maximum Gasteiger partial charge on any atom is 0.317 e. The van der Waals surface area contributed by atoms with Crippen molar-refractivity contribution in [2.24, 2.45) is 0 Å². The lowest BCUT2D eigenvalue weighted by Crippen LogP contribution is -2.47. The van der Waals surface area contributed by atoms with Crippen LogP contribution in [0.1, 0.15) is 6.42 Å². The van der Waals surface area contributed by atoms with Crippen LogP contribution in [0.4, 0.5) is 14.9 Å². The SMILES string of the molecule is COCCN(CCOC)C(=O)N[C@H]1CC(=O)N(c2cccc(F)c2)C1. The summed E-state index contributed by atoms with van der Waals surface area (Å²) in [7, 11) is 3.14. The largest absolute Gasteiger partial charge is 0.383 e. The number of carbonyl (C=O) groups excluding carboxylic acids is 2. The minimum Gasteiger partial charge on any atom is -0.383 e. The van der Waals surface area contributed by atoms with Crippen LogP contribution in [0.2, 0.25) is 0 Å². The van der Waals surface area contributed by atoms with Crippen LogP contribution in [0.5, 0.6) is 0 Å². The van der Waals surface area contributed by atoms with E-state index in [0.717, 1.165) is 0 Å². The molecule has 1 saturated heterocycles. The Labute approximate surface area is 146 Å². The second-order valence-electron chi connectivity index (χ2n) is 5.81. The average molecular weight is 353 g/mol. The normalized spacial score (nSPS) is 17.0. The number of anilines is 1. The maximum atomic E-state index is 13.4. The highest BCUT2D eigenvalue weighted by Gasteiger charge is 2.32. The topological polar surface area (TPSA) is 71.1 Å². The highest BCUT2D eigenvalue weighted by Crippen LogP contribution is 2.22. The number of halogens is 1. The van der Waals surface area contributed by atoms with Crippen molar-refractivity contribution in [1.82, 2.24) is 10.2 Å². The van der Waals surface area contributed by atoms with Gasteiger partial charge in [-0.3, -0.25) is 4.79 Å². The van der Waals surface area contributed by atoms with Crippen molar-refractivity contribution in [2.75, 3.05) is 52.0 Å². The third kappa shape index (κ3) is 5.40. The summed E-state index contributed by atoms with van der Waals surface area (Å²) in [6.45, 7) is 2.00. The molecule has 0 aliphatic carbocycles. The van der Waals surface area contributed by atoms with Crippen molar-refractivity contribution < 1.29 is 23.5 Å². The highest BCUT2D eigenvalue weighted by molar-refractivity contribution is 5.96. The van der Waals surface area contributed by atoms with E-state index in [1.807, 2.05) is 0 Å². The first-order valence-corrected chi connectivity index (χ1v) is 8.14. The van der Waals surface area contributed by atoms with E-state index in [9.17, 15) is 14.0 Å². The van der Waals surface area contributed by atoms with Crippen molar-refractivity contribution in [3.63, 3.8) is 0 Å². The van der Waals surface area contributed by atoms with Gasteiger partial charge in [-0.25, -0.2) is 9.18 Å². The zero-order valence-corrected chi connectivity index (χ0v) is 14.5. The van der Waals surface area contributed by atoms with E-state index < -0.39 is 5.82 Å². The van der Waals surface area contributed by atoms with Gasteiger partial charge in [0.2, 0.25) is 5.91 Å². The molecule has 0 radical (unpaired) electrons. The van der Waals surface area contributed by atoms with Gasteiger partial charge in [0.15, 0.2) is 0 Å². The van der Waals surface area contributed by atoms with Gasteiger partial charge < -0.3 is 24.6 Å². The minimum absolute atomic E-state index is 0.142. The Morgan fingerprint density at radius 3 is 2.60 bits per heavy atom. The number of ether oxygens (including phenoxy) is 2. The molecule has 25 heavy (non-hydrogen) atoms. The van der Waals surface area contributed by atoms with Gasteiger partial charge in [0.05, 0.1) is 19.3 Å². The van der Waals surface area contributed by atoms with E-state index >= 15 is 0 Å². The average Bonchev–Trinajstić information content (AvgIpc) is 2.95. The molecule has 1 aromatic rings. The minimum atomic E-state index is -0.400. The van der Waals surface area contributed by atoms with E-state index in [1.165, 1.54) is 17.0 Å². The molecule has 1 atom stereocenters. The molecule has 8 heteroatoms. The molecule has 7 nitrogen and oxygen atoms in total. The summed E-state index contributed by atoms with van der Waals surface area (Å²) in [5, 5.41) is 2.86. The van der Waals surface area contributed by atoms with Crippen molar-refractivity contribution >= 4 is 17.6 Å². The summed E-state index contributed by atoms with van der Waals surface area (Å²) in [5.41, 5.74) is 0.498. The van der Waals surface area contributed by atoms with Crippen LogP contribution in [0.3, 0.4) is 0 Å². The van der Waals surface area contributed by atoms with Gasteiger partial charge in [0, 0.05) is 46.0 Å². The molecule has 1 aliphatic rings. The monoisotopic (exact) mass is 353 g/mol. The summed E-state index contributed by atoms with van der Waals surface area (Å²) < 4.78 is 23.4. The lowest BCUT2D eigenvalue weighted by Gasteiger charge is -2.24. The van der Waals surface area contributed by atoms with Gasteiger partial charge in [0.1, 0.15) is 5.82 Å². The summed E-state index contributed by atoms with van der Waals surface area (Å²) >= 11 is 0. The molecule has 138 valence electrons. The number of carbonyl (C=O) groups is 2. The van der Waals surface area contributed by atoms with Gasteiger partial charge in [-0.1, -0.05) is 6.07 Å². The zero-order chi connectivity index (χ0) is 18.2. The number of nitrogens with zero attached hydrogens (tertiary/aromatic N) is 2. The molecule has 1 aromatic carbocycles. The van der Waals surface area contributed by atoms with Crippen molar-refractivity contribution in [3.05, 3.63) is 30.1 Å². The quantitative estimate of drug-likeness (QED) is 0.763. The number of urea groups is 1. The molecule has 1 heterocycles. The zero-order valence-electron chi connectivity index (χ0n) is 14.5. The number of hydrogen-bond donors (Lipinski definition) is 1. The van der Waals surface area contributed by atoms with Gasteiger partial charge in [0.25, 0.3) is 0 Å². The standard InChI is InChI=1S/C17H24FN3O4/c1-24-8-6-20(7-9-25-2)17(23)19-14-11-16(22)21(12-14)15-5-3-4-13(18)10-15/h3-5,10,14H,6-9,11-12H2,1-2H3,(H,19,23)/t14-/m0/s1. The van der Waals surface area contributed by atoms with E-state index in [0.29, 0.717) is 38.5 Å². The smallest absolute Gasteiger partial charge is 0.317 e. The van der Waals surface area contributed by atoms with Crippen LogP contribution >= 0.6 is 0 Å². The molecular formula is C17H24FN3O4. The van der Waals surface area contributed by atoms with Crippen LogP contribution < -0.4 is 10.2 Å². The van der Waals surface area contributed by atoms with Crippen LogP contribution in [-0.2, 0) is 14.3 Å². The van der Waals surface area contributed by atoms with Crippen molar-refractivity contribution in [2.45, 2.75) is 12.5 Å². The fourth-order valence-electron chi connectivity index (χ4n) is 2.68. The Balaban J connectivity index is 1.95. The Bertz CT molecular complexity index is 591. The summed E-state index contributed by atoms with van der Waals surface area (Å²) in [5.74, 6) is -0.542. The third-order valence-electron chi connectivity index (χ3n) is 3.99. The second kappa shape index (κ2) is 9.33. The van der Waals surface area contributed by atoms with Crippen LogP contribution in [0.15, 0.2) is 24.3 Å². The van der Waals surface area contributed by atoms with Gasteiger partial charge in [-0.15, -0.1) is 0 Å². The number of amides is 3. The molecule has 0 spiro atoms. The fraction of sp³-hybridized carbons (Fsp3) is 0.529. The number of nitrogens with one attached hydrogen (secondary N) is 1. The molecule has 0 bridgehead atoms. The Kier molecular flexibility index (Phi) is 7.15. The lowest BCUT2D eigenvalue weighted by atomic mass is 10.2. The van der Waals surface area contributed by atoms with E-state index in [1.54, 1.807) is 31.3 Å². The highest BCUT2D eigenvalue weighted by atomic mass is 19.1. The van der Waals surface area contributed by atoms with Crippen molar-refractivity contribution in [3.8, 4) is 0 Å². The van der Waals surface area contributed by atoms with Crippen LogP contribution in [0, 0.1) is 5.82 Å². The van der Waals surface area contributed by atoms with Crippen LogP contribution in [-0.4, -0.2) is 69.9 Å². The number of hydrogen-bond acceptors (Lipinski definition) is 4. The first-order valence-electron chi connectivity index (χ1n) is 8.14. The molecule has 0 unspecified atom stereocenters. The molecule has 1 fully saturated rings. The van der Waals surface area contributed by atoms with Crippen LogP contribution in [0.25, 0.3) is 0 Å². The first-order chi connectivity index (χ1) is 12.0. The molecule has 1 N–H and O–H groups in total. The summed E-state index contributed by atoms with van der Waals surface area (Å²) in [4.78, 5) is 27.7. The van der Waals surface area contributed by atoms with E-state index in [2.05, 4.69) is 5.32 Å². The Morgan fingerprint density at radius 1 is 1.32 bits per heavy atom. The number of benzene rings is 1.